The van der Waals surface area contributed by atoms with Gasteiger partial charge in [-0.25, -0.2) is 0 Å². The molecule has 1 aromatic carbocycles. The summed E-state index contributed by atoms with van der Waals surface area (Å²) in [7, 11) is 0. The standard InChI is InChI=1S/C18H27N3O2S/c1-13-5-7-15(8-6-13)23-12-18(22)21(11-16-4-3-9-24-16)17-10-19-20-14(17)2/h5-8,14,16-17,19-20H,3-4,9-12H2,1-2H3. The number of thioether (sulfide) groups is 1. The van der Waals surface area contributed by atoms with Crippen molar-refractivity contribution in [2.75, 3.05) is 25.4 Å². The molecule has 3 rings (SSSR count). The van der Waals surface area contributed by atoms with E-state index in [1.807, 2.05) is 47.9 Å². The molecule has 2 fully saturated rings. The van der Waals surface area contributed by atoms with Gasteiger partial charge in [-0.15, -0.1) is 0 Å². The zero-order valence-corrected chi connectivity index (χ0v) is 15.3. The Balaban J connectivity index is 1.62. The van der Waals surface area contributed by atoms with Gasteiger partial charge in [0.1, 0.15) is 5.75 Å². The molecule has 6 heteroatoms. The maximum atomic E-state index is 12.8. The maximum absolute atomic E-state index is 12.8. The van der Waals surface area contributed by atoms with Crippen molar-refractivity contribution in [2.45, 2.75) is 44.0 Å². The molecule has 1 aromatic rings. The molecule has 0 aromatic heterocycles. The quantitative estimate of drug-likeness (QED) is 0.822. The number of benzene rings is 1. The molecule has 3 unspecified atom stereocenters. The summed E-state index contributed by atoms with van der Waals surface area (Å²) < 4.78 is 5.72. The monoisotopic (exact) mass is 349 g/mol. The van der Waals surface area contributed by atoms with Crippen LogP contribution in [0.1, 0.15) is 25.3 Å². The molecule has 2 aliphatic rings. The third-order valence-electron chi connectivity index (χ3n) is 4.75. The Bertz CT molecular complexity index is 546. The van der Waals surface area contributed by atoms with Crippen molar-refractivity contribution in [1.82, 2.24) is 15.8 Å². The van der Waals surface area contributed by atoms with Crippen LogP contribution < -0.4 is 15.6 Å². The SMILES string of the molecule is Cc1ccc(OCC(=O)N(CC2CCCS2)C2CNNC2C)cc1. The van der Waals surface area contributed by atoms with Crippen LogP contribution in [-0.4, -0.2) is 53.6 Å². The Labute approximate surface area is 148 Å². The molecule has 132 valence electrons. The summed E-state index contributed by atoms with van der Waals surface area (Å²) in [5, 5.41) is 0.557. The summed E-state index contributed by atoms with van der Waals surface area (Å²) in [5.41, 5.74) is 7.57. The van der Waals surface area contributed by atoms with Gasteiger partial charge >= 0.3 is 0 Å². The fourth-order valence-corrected chi connectivity index (χ4v) is 4.54. The molecule has 2 saturated heterocycles. The lowest BCUT2D eigenvalue weighted by Crippen LogP contribution is -2.50. The highest BCUT2D eigenvalue weighted by Crippen LogP contribution is 2.28. The lowest BCUT2D eigenvalue weighted by Gasteiger charge is -2.32. The van der Waals surface area contributed by atoms with Gasteiger partial charge in [0, 0.05) is 24.4 Å². The molecule has 24 heavy (non-hydrogen) atoms. The number of ether oxygens (including phenoxy) is 1. The summed E-state index contributed by atoms with van der Waals surface area (Å²) in [6.45, 7) is 5.86. The largest absolute Gasteiger partial charge is 0.484 e. The molecule has 0 aliphatic carbocycles. The van der Waals surface area contributed by atoms with E-state index < -0.39 is 0 Å². The van der Waals surface area contributed by atoms with E-state index in [0.29, 0.717) is 5.25 Å². The van der Waals surface area contributed by atoms with Crippen molar-refractivity contribution in [3.8, 4) is 5.75 Å². The summed E-state index contributed by atoms with van der Waals surface area (Å²) >= 11 is 1.99. The first kappa shape index (κ1) is 17.6. The van der Waals surface area contributed by atoms with E-state index in [1.165, 1.54) is 24.2 Å². The van der Waals surface area contributed by atoms with E-state index in [2.05, 4.69) is 17.8 Å². The van der Waals surface area contributed by atoms with Crippen molar-refractivity contribution in [3.63, 3.8) is 0 Å². The molecular formula is C18H27N3O2S. The lowest BCUT2D eigenvalue weighted by molar-refractivity contribution is -0.135. The number of amides is 1. The molecule has 0 saturated carbocycles. The minimum atomic E-state index is 0.0745. The van der Waals surface area contributed by atoms with E-state index in [-0.39, 0.29) is 24.6 Å². The Morgan fingerprint density at radius 2 is 2.17 bits per heavy atom. The van der Waals surface area contributed by atoms with Crippen molar-refractivity contribution in [1.29, 1.82) is 0 Å². The molecule has 2 N–H and O–H groups in total. The predicted octanol–water partition coefficient (Wildman–Crippen LogP) is 1.96. The number of nitrogens with one attached hydrogen (secondary N) is 2. The van der Waals surface area contributed by atoms with Crippen molar-refractivity contribution in [3.05, 3.63) is 29.8 Å². The maximum Gasteiger partial charge on any atom is 0.260 e. The molecule has 2 heterocycles. The average molecular weight is 350 g/mol. The van der Waals surface area contributed by atoms with Crippen molar-refractivity contribution < 1.29 is 9.53 Å². The zero-order valence-electron chi connectivity index (χ0n) is 14.5. The second kappa shape index (κ2) is 8.23. The van der Waals surface area contributed by atoms with Gasteiger partial charge in [-0.1, -0.05) is 17.7 Å². The Hall–Kier alpha value is -1.24. The Morgan fingerprint density at radius 1 is 1.38 bits per heavy atom. The van der Waals surface area contributed by atoms with E-state index in [9.17, 15) is 4.79 Å². The predicted molar refractivity (Wildman–Crippen MR) is 98.3 cm³/mol. The summed E-state index contributed by atoms with van der Waals surface area (Å²) in [6.07, 6.45) is 2.46. The molecule has 3 atom stereocenters. The first-order chi connectivity index (χ1) is 11.6. The van der Waals surface area contributed by atoms with E-state index in [0.717, 1.165) is 18.8 Å². The van der Waals surface area contributed by atoms with Crippen LogP contribution in [0.3, 0.4) is 0 Å². The number of hydrogen-bond donors (Lipinski definition) is 2. The van der Waals surface area contributed by atoms with Gasteiger partial charge in [0.25, 0.3) is 5.91 Å². The minimum absolute atomic E-state index is 0.0745. The van der Waals surface area contributed by atoms with Crippen LogP contribution in [0, 0.1) is 6.92 Å². The van der Waals surface area contributed by atoms with Crippen LogP contribution in [0.15, 0.2) is 24.3 Å². The summed E-state index contributed by atoms with van der Waals surface area (Å²) in [4.78, 5) is 14.9. The van der Waals surface area contributed by atoms with E-state index >= 15 is 0 Å². The average Bonchev–Trinajstić information content (AvgIpc) is 3.23. The topological polar surface area (TPSA) is 53.6 Å². The fraction of sp³-hybridized carbons (Fsp3) is 0.611. The number of hydrazine groups is 1. The van der Waals surface area contributed by atoms with E-state index in [1.54, 1.807) is 0 Å². The van der Waals surface area contributed by atoms with Gasteiger partial charge in [0.05, 0.1) is 6.04 Å². The minimum Gasteiger partial charge on any atom is -0.484 e. The zero-order chi connectivity index (χ0) is 16.9. The van der Waals surface area contributed by atoms with Crippen LogP contribution in [0.4, 0.5) is 0 Å². The molecule has 2 aliphatic heterocycles. The van der Waals surface area contributed by atoms with Crippen LogP contribution in [0.25, 0.3) is 0 Å². The van der Waals surface area contributed by atoms with Gasteiger partial charge in [0.2, 0.25) is 0 Å². The highest BCUT2D eigenvalue weighted by atomic mass is 32.2. The first-order valence-corrected chi connectivity index (χ1v) is 9.77. The molecule has 0 spiro atoms. The fourth-order valence-electron chi connectivity index (χ4n) is 3.27. The van der Waals surface area contributed by atoms with Gasteiger partial charge in [0.15, 0.2) is 6.61 Å². The van der Waals surface area contributed by atoms with Gasteiger partial charge in [-0.3, -0.25) is 15.6 Å². The van der Waals surface area contributed by atoms with Crippen LogP contribution in [0.2, 0.25) is 0 Å². The van der Waals surface area contributed by atoms with Crippen LogP contribution in [-0.2, 0) is 4.79 Å². The second-order valence-corrected chi connectivity index (χ2v) is 8.07. The van der Waals surface area contributed by atoms with Gasteiger partial charge in [-0.05, 0) is 44.6 Å². The number of carbonyl (C=O) groups excluding carboxylic acids is 1. The smallest absolute Gasteiger partial charge is 0.260 e. The highest BCUT2D eigenvalue weighted by molar-refractivity contribution is 8.00. The third kappa shape index (κ3) is 4.43. The first-order valence-electron chi connectivity index (χ1n) is 8.72. The van der Waals surface area contributed by atoms with Crippen molar-refractivity contribution in [2.24, 2.45) is 0 Å². The highest BCUT2D eigenvalue weighted by Gasteiger charge is 2.34. The number of carbonyl (C=O) groups is 1. The number of nitrogens with zero attached hydrogens (tertiary/aromatic N) is 1. The second-order valence-electron chi connectivity index (χ2n) is 6.66. The van der Waals surface area contributed by atoms with Gasteiger partial charge in [-0.2, -0.15) is 11.8 Å². The molecule has 0 bridgehead atoms. The Kier molecular flexibility index (Phi) is 6.03. The Morgan fingerprint density at radius 3 is 2.79 bits per heavy atom. The normalized spacial score (nSPS) is 26.5. The molecule has 0 radical (unpaired) electrons. The number of rotatable bonds is 6. The van der Waals surface area contributed by atoms with Crippen LogP contribution in [0.5, 0.6) is 5.75 Å². The third-order valence-corrected chi connectivity index (χ3v) is 6.13. The van der Waals surface area contributed by atoms with E-state index in [4.69, 9.17) is 4.74 Å². The molecular weight excluding hydrogens is 322 g/mol. The van der Waals surface area contributed by atoms with Gasteiger partial charge < -0.3 is 9.64 Å². The summed E-state index contributed by atoms with van der Waals surface area (Å²) in [5.74, 6) is 2.04. The summed E-state index contributed by atoms with van der Waals surface area (Å²) in [6, 6.07) is 8.27. The van der Waals surface area contributed by atoms with Crippen LogP contribution >= 0.6 is 11.8 Å². The lowest BCUT2D eigenvalue weighted by atomic mass is 10.1. The van der Waals surface area contributed by atoms with Crippen molar-refractivity contribution >= 4 is 17.7 Å². The molecule has 1 amide bonds. The molecule has 5 nitrogen and oxygen atoms in total. The number of hydrogen-bond acceptors (Lipinski definition) is 5. The number of aryl methyl sites for hydroxylation is 1.